The molecule has 19 heavy (non-hydrogen) atoms. The first-order valence-electron chi connectivity index (χ1n) is 5.56. The van der Waals surface area contributed by atoms with Crippen LogP contribution < -0.4 is 5.56 Å². The Hall–Kier alpha value is -1.69. The van der Waals surface area contributed by atoms with Crippen molar-refractivity contribution in [2.45, 2.75) is 6.61 Å². The standard InChI is InChI=1S/C13H9ClN2O2S/c14-8-3-1-7(2-4-8)9-6-19-13-11(9)12(18)15-10(5-17)16-13/h1-4,6,17H,5H2,(H,15,16,18). The summed E-state index contributed by atoms with van der Waals surface area (Å²) in [6, 6.07) is 7.29. The lowest BCUT2D eigenvalue weighted by atomic mass is 10.1. The first-order chi connectivity index (χ1) is 9.19. The van der Waals surface area contributed by atoms with Crippen LogP contribution in [-0.4, -0.2) is 15.1 Å². The average molecular weight is 293 g/mol. The molecule has 6 heteroatoms. The van der Waals surface area contributed by atoms with Crippen molar-refractivity contribution in [2.75, 3.05) is 0 Å². The number of aliphatic hydroxyl groups is 1. The quantitative estimate of drug-likeness (QED) is 0.763. The van der Waals surface area contributed by atoms with Gasteiger partial charge in [0.05, 0.1) is 5.39 Å². The molecule has 0 aliphatic heterocycles. The maximum absolute atomic E-state index is 12.1. The minimum absolute atomic E-state index is 0.236. The Bertz CT molecular complexity index is 793. The number of thiophene rings is 1. The molecule has 0 amide bonds. The number of halogens is 1. The van der Waals surface area contributed by atoms with Gasteiger partial charge < -0.3 is 10.1 Å². The molecule has 0 saturated heterocycles. The van der Waals surface area contributed by atoms with Crippen LogP contribution in [0, 0.1) is 0 Å². The summed E-state index contributed by atoms with van der Waals surface area (Å²) in [6.07, 6.45) is 0. The third-order valence-electron chi connectivity index (χ3n) is 2.80. The molecule has 2 N–H and O–H groups in total. The van der Waals surface area contributed by atoms with Crippen LogP contribution >= 0.6 is 22.9 Å². The molecule has 0 atom stereocenters. The highest BCUT2D eigenvalue weighted by molar-refractivity contribution is 7.17. The van der Waals surface area contributed by atoms with Crippen LogP contribution in [0.15, 0.2) is 34.4 Å². The van der Waals surface area contributed by atoms with Gasteiger partial charge in [-0.15, -0.1) is 11.3 Å². The lowest BCUT2D eigenvalue weighted by Gasteiger charge is -2.00. The van der Waals surface area contributed by atoms with E-state index in [1.165, 1.54) is 11.3 Å². The zero-order valence-corrected chi connectivity index (χ0v) is 11.3. The highest BCUT2D eigenvalue weighted by Gasteiger charge is 2.12. The van der Waals surface area contributed by atoms with Gasteiger partial charge in [0, 0.05) is 16.0 Å². The van der Waals surface area contributed by atoms with Crippen molar-refractivity contribution in [3.63, 3.8) is 0 Å². The van der Waals surface area contributed by atoms with Crippen LogP contribution in [0.2, 0.25) is 5.02 Å². The molecule has 3 aromatic rings. The minimum atomic E-state index is -0.278. The van der Waals surface area contributed by atoms with E-state index in [9.17, 15) is 4.79 Å². The Morgan fingerprint density at radius 1 is 1.32 bits per heavy atom. The maximum atomic E-state index is 12.1. The van der Waals surface area contributed by atoms with Crippen LogP contribution in [0.25, 0.3) is 21.3 Å². The lowest BCUT2D eigenvalue weighted by molar-refractivity contribution is 0.271. The molecule has 4 nitrogen and oxygen atoms in total. The van der Waals surface area contributed by atoms with Gasteiger partial charge in [0.25, 0.3) is 5.56 Å². The first kappa shape index (κ1) is 12.3. The summed E-state index contributed by atoms with van der Waals surface area (Å²) in [5, 5.41) is 12.1. The Labute approximate surface area is 117 Å². The largest absolute Gasteiger partial charge is 0.388 e. The van der Waals surface area contributed by atoms with E-state index in [1.807, 2.05) is 17.5 Å². The van der Waals surface area contributed by atoms with Crippen molar-refractivity contribution in [3.05, 3.63) is 50.8 Å². The number of aromatic nitrogens is 2. The fourth-order valence-corrected chi connectivity index (χ4v) is 3.00. The van der Waals surface area contributed by atoms with Gasteiger partial charge in [0.2, 0.25) is 0 Å². The van der Waals surface area contributed by atoms with Gasteiger partial charge in [-0.1, -0.05) is 23.7 Å². The second-order valence-electron chi connectivity index (χ2n) is 4.01. The van der Waals surface area contributed by atoms with E-state index < -0.39 is 0 Å². The molecule has 0 spiro atoms. The zero-order chi connectivity index (χ0) is 13.4. The van der Waals surface area contributed by atoms with Crippen molar-refractivity contribution < 1.29 is 5.11 Å². The molecule has 2 aromatic heterocycles. The minimum Gasteiger partial charge on any atom is -0.388 e. The van der Waals surface area contributed by atoms with Crippen LogP contribution in [0.5, 0.6) is 0 Å². The van der Waals surface area contributed by atoms with E-state index in [0.29, 0.717) is 15.2 Å². The van der Waals surface area contributed by atoms with E-state index in [1.54, 1.807) is 12.1 Å². The highest BCUT2D eigenvalue weighted by atomic mass is 35.5. The molecular weight excluding hydrogens is 284 g/mol. The van der Waals surface area contributed by atoms with Gasteiger partial charge in [0.15, 0.2) is 0 Å². The summed E-state index contributed by atoms with van der Waals surface area (Å²) >= 11 is 7.24. The fourth-order valence-electron chi connectivity index (χ4n) is 1.91. The molecule has 0 unspecified atom stereocenters. The van der Waals surface area contributed by atoms with Crippen molar-refractivity contribution >= 4 is 33.2 Å². The lowest BCUT2D eigenvalue weighted by Crippen LogP contribution is -2.11. The molecule has 0 radical (unpaired) electrons. The van der Waals surface area contributed by atoms with E-state index >= 15 is 0 Å². The molecule has 0 aliphatic carbocycles. The number of nitrogens with zero attached hydrogens (tertiary/aromatic N) is 1. The number of benzene rings is 1. The van der Waals surface area contributed by atoms with Crippen molar-refractivity contribution in [3.8, 4) is 11.1 Å². The molecule has 2 heterocycles. The predicted molar refractivity (Wildman–Crippen MR) is 76.6 cm³/mol. The van der Waals surface area contributed by atoms with Gasteiger partial charge >= 0.3 is 0 Å². The van der Waals surface area contributed by atoms with Gasteiger partial charge in [-0.3, -0.25) is 4.79 Å². The number of H-pyrrole nitrogens is 1. The topological polar surface area (TPSA) is 66.0 Å². The van der Waals surface area contributed by atoms with Gasteiger partial charge in [-0.25, -0.2) is 4.98 Å². The van der Waals surface area contributed by atoms with E-state index in [0.717, 1.165) is 11.1 Å². The third kappa shape index (κ3) is 2.16. The van der Waals surface area contributed by atoms with Crippen molar-refractivity contribution in [2.24, 2.45) is 0 Å². The van der Waals surface area contributed by atoms with Crippen LogP contribution in [0.3, 0.4) is 0 Å². The number of aromatic amines is 1. The summed E-state index contributed by atoms with van der Waals surface area (Å²) in [7, 11) is 0. The molecule has 0 fully saturated rings. The number of fused-ring (bicyclic) bond motifs is 1. The fraction of sp³-hybridized carbons (Fsp3) is 0.0769. The summed E-state index contributed by atoms with van der Waals surface area (Å²) in [6.45, 7) is -0.278. The van der Waals surface area contributed by atoms with Crippen molar-refractivity contribution in [1.29, 1.82) is 0 Å². The average Bonchev–Trinajstić information content (AvgIpc) is 2.84. The number of nitrogens with one attached hydrogen (secondary N) is 1. The normalized spacial score (nSPS) is 11.1. The smallest absolute Gasteiger partial charge is 0.260 e. The molecule has 96 valence electrons. The molecule has 3 rings (SSSR count). The van der Waals surface area contributed by atoms with Crippen LogP contribution in [0.4, 0.5) is 0 Å². The monoisotopic (exact) mass is 292 g/mol. The van der Waals surface area contributed by atoms with E-state index in [-0.39, 0.29) is 18.0 Å². The number of hydrogen-bond donors (Lipinski definition) is 2. The maximum Gasteiger partial charge on any atom is 0.260 e. The number of rotatable bonds is 2. The molecule has 1 aromatic carbocycles. The molecule has 0 saturated carbocycles. The first-order valence-corrected chi connectivity index (χ1v) is 6.82. The third-order valence-corrected chi connectivity index (χ3v) is 3.92. The van der Waals surface area contributed by atoms with Crippen molar-refractivity contribution in [1.82, 2.24) is 9.97 Å². The highest BCUT2D eigenvalue weighted by Crippen LogP contribution is 2.31. The van der Waals surface area contributed by atoms with E-state index in [2.05, 4.69) is 9.97 Å². The Balaban J connectivity index is 2.26. The summed E-state index contributed by atoms with van der Waals surface area (Å²) in [5.74, 6) is 0.280. The Kier molecular flexibility index (Phi) is 3.10. The van der Waals surface area contributed by atoms with Gasteiger partial charge in [-0.05, 0) is 17.7 Å². The molecule has 0 bridgehead atoms. The van der Waals surface area contributed by atoms with Crippen LogP contribution in [-0.2, 0) is 6.61 Å². The Morgan fingerprint density at radius 2 is 2.05 bits per heavy atom. The number of hydrogen-bond acceptors (Lipinski definition) is 4. The predicted octanol–water partition coefficient (Wildman–Crippen LogP) is 2.80. The zero-order valence-electron chi connectivity index (χ0n) is 9.68. The second kappa shape index (κ2) is 4.77. The molecular formula is C13H9ClN2O2S. The SMILES string of the molecule is O=c1[nH]c(CO)nc2scc(-c3ccc(Cl)cc3)c12. The summed E-state index contributed by atoms with van der Waals surface area (Å²) in [4.78, 5) is 19.5. The summed E-state index contributed by atoms with van der Waals surface area (Å²) < 4.78 is 0. The van der Waals surface area contributed by atoms with Gasteiger partial charge in [0.1, 0.15) is 17.3 Å². The second-order valence-corrected chi connectivity index (χ2v) is 5.30. The Morgan fingerprint density at radius 3 is 2.74 bits per heavy atom. The summed E-state index contributed by atoms with van der Waals surface area (Å²) in [5.41, 5.74) is 1.51. The van der Waals surface area contributed by atoms with E-state index in [4.69, 9.17) is 16.7 Å². The number of aliphatic hydroxyl groups excluding tert-OH is 1. The van der Waals surface area contributed by atoms with Gasteiger partial charge in [-0.2, -0.15) is 0 Å². The molecule has 0 aliphatic rings. The van der Waals surface area contributed by atoms with Crippen LogP contribution in [0.1, 0.15) is 5.82 Å².